The van der Waals surface area contributed by atoms with Gasteiger partial charge in [-0.15, -0.1) is 0 Å². The Morgan fingerprint density at radius 3 is 2.06 bits per heavy atom. The van der Waals surface area contributed by atoms with Gasteiger partial charge in [0.15, 0.2) is 0 Å². The highest BCUT2D eigenvalue weighted by atomic mass is 14.9. The van der Waals surface area contributed by atoms with Crippen LogP contribution in [-0.2, 0) is 0 Å². The first kappa shape index (κ1) is 12.4. The number of hydrogen-bond donors (Lipinski definition) is 2. The lowest BCUT2D eigenvalue weighted by molar-refractivity contribution is 0.250. The third-order valence-electron chi connectivity index (χ3n) is 4.96. The quantitative estimate of drug-likeness (QED) is 0.753. The van der Waals surface area contributed by atoms with E-state index < -0.39 is 0 Å². The SMILES string of the molecule is CC1(CNCC2(CN)CCCC2)CCCC1. The maximum absolute atomic E-state index is 5.96. The molecule has 0 heterocycles. The Hall–Kier alpha value is -0.0800. The van der Waals surface area contributed by atoms with Crippen molar-refractivity contribution in [1.82, 2.24) is 5.32 Å². The molecular formula is C14H28N2. The fourth-order valence-electron chi connectivity index (χ4n) is 3.61. The molecule has 0 saturated heterocycles. The van der Waals surface area contributed by atoms with Crippen LogP contribution in [0.1, 0.15) is 58.3 Å². The fourth-order valence-corrected chi connectivity index (χ4v) is 3.61. The lowest BCUT2D eigenvalue weighted by Crippen LogP contribution is -2.41. The number of rotatable bonds is 5. The first-order valence-corrected chi connectivity index (χ1v) is 7.09. The van der Waals surface area contributed by atoms with Crippen LogP contribution in [0.5, 0.6) is 0 Å². The summed E-state index contributed by atoms with van der Waals surface area (Å²) in [5.41, 5.74) is 6.97. The van der Waals surface area contributed by atoms with Crippen molar-refractivity contribution in [2.75, 3.05) is 19.6 Å². The normalized spacial score (nSPS) is 27.4. The molecule has 0 bridgehead atoms. The molecule has 2 saturated carbocycles. The fraction of sp³-hybridized carbons (Fsp3) is 1.00. The number of hydrogen-bond acceptors (Lipinski definition) is 2. The predicted molar refractivity (Wildman–Crippen MR) is 69.4 cm³/mol. The van der Waals surface area contributed by atoms with Gasteiger partial charge in [-0.25, -0.2) is 0 Å². The minimum Gasteiger partial charge on any atom is -0.330 e. The summed E-state index contributed by atoms with van der Waals surface area (Å²) in [6.45, 7) is 5.67. The molecule has 0 atom stereocenters. The summed E-state index contributed by atoms with van der Waals surface area (Å²) in [7, 11) is 0. The lowest BCUT2D eigenvalue weighted by atomic mass is 9.84. The van der Waals surface area contributed by atoms with Crippen LogP contribution in [0.3, 0.4) is 0 Å². The van der Waals surface area contributed by atoms with Gasteiger partial charge in [0.25, 0.3) is 0 Å². The van der Waals surface area contributed by atoms with E-state index in [1.165, 1.54) is 57.9 Å². The second-order valence-corrected chi connectivity index (χ2v) is 6.53. The molecule has 0 radical (unpaired) electrons. The van der Waals surface area contributed by atoms with E-state index in [4.69, 9.17) is 5.73 Å². The smallest absolute Gasteiger partial charge is 0.00201 e. The average Bonchev–Trinajstić information content (AvgIpc) is 2.89. The van der Waals surface area contributed by atoms with Crippen LogP contribution >= 0.6 is 0 Å². The van der Waals surface area contributed by atoms with E-state index in [1.807, 2.05) is 0 Å². The highest BCUT2D eigenvalue weighted by Gasteiger charge is 2.33. The largest absolute Gasteiger partial charge is 0.330 e. The molecule has 3 N–H and O–H groups in total. The second kappa shape index (κ2) is 5.05. The van der Waals surface area contributed by atoms with Crippen LogP contribution in [0.4, 0.5) is 0 Å². The second-order valence-electron chi connectivity index (χ2n) is 6.53. The summed E-state index contributed by atoms with van der Waals surface area (Å²) in [6.07, 6.45) is 11.1. The summed E-state index contributed by atoms with van der Waals surface area (Å²) in [4.78, 5) is 0. The first-order chi connectivity index (χ1) is 7.68. The van der Waals surface area contributed by atoms with Crippen LogP contribution < -0.4 is 11.1 Å². The van der Waals surface area contributed by atoms with E-state index in [-0.39, 0.29) is 0 Å². The lowest BCUT2D eigenvalue weighted by Gasteiger charge is -2.31. The van der Waals surface area contributed by atoms with Gasteiger partial charge < -0.3 is 11.1 Å². The van der Waals surface area contributed by atoms with Gasteiger partial charge in [0.1, 0.15) is 0 Å². The highest BCUT2D eigenvalue weighted by molar-refractivity contribution is 4.89. The van der Waals surface area contributed by atoms with Crippen molar-refractivity contribution in [2.45, 2.75) is 58.3 Å². The molecule has 2 aliphatic rings. The maximum Gasteiger partial charge on any atom is 0.00201 e. The Morgan fingerprint density at radius 1 is 0.938 bits per heavy atom. The van der Waals surface area contributed by atoms with E-state index in [0.717, 1.165) is 13.1 Å². The van der Waals surface area contributed by atoms with Gasteiger partial charge in [-0.05, 0) is 43.1 Å². The molecule has 2 nitrogen and oxygen atoms in total. The average molecular weight is 224 g/mol. The van der Waals surface area contributed by atoms with Crippen LogP contribution in [0.2, 0.25) is 0 Å². The number of nitrogens with one attached hydrogen (secondary N) is 1. The summed E-state index contributed by atoms with van der Waals surface area (Å²) in [5, 5.41) is 3.72. The van der Waals surface area contributed by atoms with Crippen LogP contribution in [0.15, 0.2) is 0 Å². The predicted octanol–water partition coefficient (Wildman–Crippen LogP) is 2.68. The molecule has 0 amide bonds. The van der Waals surface area contributed by atoms with Gasteiger partial charge in [0, 0.05) is 13.1 Å². The van der Waals surface area contributed by atoms with E-state index in [2.05, 4.69) is 12.2 Å². The molecule has 2 rings (SSSR count). The van der Waals surface area contributed by atoms with Gasteiger partial charge in [-0.1, -0.05) is 32.6 Å². The van der Waals surface area contributed by atoms with E-state index >= 15 is 0 Å². The van der Waals surface area contributed by atoms with Crippen LogP contribution in [0, 0.1) is 10.8 Å². The third-order valence-corrected chi connectivity index (χ3v) is 4.96. The third kappa shape index (κ3) is 2.78. The number of nitrogens with two attached hydrogens (primary N) is 1. The van der Waals surface area contributed by atoms with Gasteiger partial charge in [-0.2, -0.15) is 0 Å². The van der Waals surface area contributed by atoms with E-state index in [9.17, 15) is 0 Å². The Balaban J connectivity index is 1.74. The van der Waals surface area contributed by atoms with Crippen molar-refractivity contribution in [3.8, 4) is 0 Å². The van der Waals surface area contributed by atoms with Crippen molar-refractivity contribution in [3.63, 3.8) is 0 Å². The molecule has 0 aromatic carbocycles. The van der Waals surface area contributed by atoms with Gasteiger partial charge >= 0.3 is 0 Å². The van der Waals surface area contributed by atoms with Crippen LogP contribution in [0.25, 0.3) is 0 Å². The molecule has 0 spiro atoms. The molecule has 94 valence electrons. The zero-order valence-corrected chi connectivity index (χ0v) is 10.9. The maximum atomic E-state index is 5.96. The zero-order valence-electron chi connectivity index (χ0n) is 10.9. The molecule has 0 aromatic heterocycles. The zero-order chi connectivity index (χ0) is 11.5. The van der Waals surface area contributed by atoms with Gasteiger partial charge in [0.05, 0.1) is 0 Å². The van der Waals surface area contributed by atoms with Crippen LogP contribution in [-0.4, -0.2) is 19.6 Å². The van der Waals surface area contributed by atoms with Crippen molar-refractivity contribution < 1.29 is 0 Å². The molecule has 2 aliphatic carbocycles. The standard InChI is InChI=1S/C14H28N2/c1-13(6-2-3-7-13)11-16-12-14(10-15)8-4-5-9-14/h16H,2-12,15H2,1H3. The molecule has 0 unspecified atom stereocenters. The monoisotopic (exact) mass is 224 g/mol. The first-order valence-electron chi connectivity index (χ1n) is 7.09. The molecule has 0 aromatic rings. The summed E-state index contributed by atoms with van der Waals surface area (Å²) in [5.74, 6) is 0. The van der Waals surface area contributed by atoms with Crippen molar-refractivity contribution in [1.29, 1.82) is 0 Å². The molecule has 2 heteroatoms. The van der Waals surface area contributed by atoms with Gasteiger partial charge in [-0.3, -0.25) is 0 Å². The van der Waals surface area contributed by atoms with E-state index in [0.29, 0.717) is 10.8 Å². The molecule has 2 fully saturated rings. The molecule has 16 heavy (non-hydrogen) atoms. The summed E-state index contributed by atoms with van der Waals surface area (Å²) < 4.78 is 0. The summed E-state index contributed by atoms with van der Waals surface area (Å²) >= 11 is 0. The minimum absolute atomic E-state index is 0.439. The van der Waals surface area contributed by atoms with E-state index in [1.54, 1.807) is 0 Å². The topological polar surface area (TPSA) is 38.0 Å². The Morgan fingerprint density at radius 2 is 1.50 bits per heavy atom. The molecule has 0 aliphatic heterocycles. The summed E-state index contributed by atoms with van der Waals surface area (Å²) in [6, 6.07) is 0. The minimum atomic E-state index is 0.439. The van der Waals surface area contributed by atoms with Crippen molar-refractivity contribution in [3.05, 3.63) is 0 Å². The molecular weight excluding hydrogens is 196 g/mol. The Labute approximate surface area is 100 Å². The van der Waals surface area contributed by atoms with Gasteiger partial charge in [0.2, 0.25) is 0 Å². The Kier molecular flexibility index (Phi) is 3.91. The van der Waals surface area contributed by atoms with Crippen molar-refractivity contribution >= 4 is 0 Å². The van der Waals surface area contributed by atoms with Crippen molar-refractivity contribution in [2.24, 2.45) is 16.6 Å². The highest BCUT2D eigenvalue weighted by Crippen LogP contribution is 2.38. The Bertz CT molecular complexity index is 213.